The molecule has 9 heteroatoms. The maximum Gasteiger partial charge on any atom is 0.258 e. The standard InChI is InChI=1S/C28H28FN5O3/c1-28(2)16-33(22-6-5-18(29)14-20(22)28)27(37)17-12-24(31-25(35)13-17)32-10-7-19(8-11-32)34-23-4-3-9-30-21(23)15-26(34)36/h3-6,9,12-14,19H,7-8,10-11,15-16H2,1-2H3,(H,31,35). The number of nitrogens with one attached hydrogen (secondary N) is 1. The lowest BCUT2D eigenvalue weighted by atomic mass is 9.87. The van der Waals surface area contributed by atoms with E-state index < -0.39 is 5.41 Å². The average molecular weight is 502 g/mol. The van der Waals surface area contributed by atoms with Gasteiger partial charge in [0.2, 0.25) is 11.5 Å². The molecule has 1 aromatic carbocycles. The third-order valence-electron chi connectivity index (χ3n) is 7.74. The number of carbonyl (C=O) groups excluding carboxylic acids is 2. The summed E-state index contributed by atoms with van der Waals surface area (Å²) in [6, 6.07) is 11.4. The van der Waals surface area contributed by atoms with Crippen LogP contribution in [0.5, 0.6) is 0 Å². The molecule has 0 aliphatic carbocycles. The maximum absolute atomic E-state index is 13.9. The molecule has 3 aliphatic rings. The Morgan fingerprint density at radius 1 is 1.08 bits per heavy atom. The number of rotatable bonds is 3. The highest BCUT2D eigenvalue weighted by molar-refractivity contribution is 6.08. The number of pyridine rings is 2. The molecule has 1 fully saturated rings. The first-order valence-corrected chi connectivity index (χ1v) is 12.6. The molecule has 1 saturated heterocycles. The number of aromatic amines is 1. The molecular weight excluding hydrogens is 473 g/mol. The van der Waals surface area contributed by atoms with Gasteiger partial charge in [-0.2, -0.15) is 0 Å². The lowest BCUT2D eigenvalue weighted by Gasteiger charge is -2.37. The Labute approximate surface area is 213 Å². The average Bonchev–Trinajstić information content (AvgIpc) is 3.35. The second-order valence-electron chi connectivity index (χ2n) is 10.7. The molecule has 6 rings (SSSR count). The predicted octanol–water partition coefficient (Wildman–Crippen LogP) is 3.41. The van der Waals surface area contributed by atoms with Crippen LogP contribution in [0.2, 0.25) is 0 Å². The fourth-order valence-electron chi connectivity index (χ4n) is 5.92. The Kier molecular flexibility index (Phi) is 5.40. The third-order valence-corrected chi connectivity index (χ3v) is 7.74. The fourth-order valence-corrected chi connectivity index (χ4v) is 5.92. The lowest BCUT2D eigenvalue weighted by molar-refractivity contribution is -0.117. The predicted molar refractivity (Wildman–Crippen MR) is 139 cm³/mol. The van der Waals surface area contributed by atoms with Crippen LogP contribution in [0.4, 0.5) is 21.6 Å². The topological polar surface area (TPSA) is 89.6 Å². The number of aromatic nitrogens is 2. The van der Waals surface area contributed by atoms with E-state index in [1.807, 2.05) is 30.9 Å². The van der Waals surface area contributed by atoms with Crippen molar-refractivity contribution in [3.05, 3.63) is 81.7 Å². The van der Waals surface area contributed by atoms with Crippen molar-refractivity contribution in [2.24, 2.45) is 0 Å². The van der Waals surface area contributed by atoms with Gasteiger partial charge in [-0.1, -0.05) is 13.8 Å². The summed E-state index contributed by atoms with van der Waals surface area (Å²) >= 11 is 0. The van der Waals surface area contributed by atoms with E-state index in [1.165, 1.54) is 18.2 Å². The zero-order valence-corrected chi connectivity index (χ0v) is 20.8. The minimum Gasteiger partial charge on any atom is -0.358 e. The molecule has 0 spiro atoms. The van der Waals surface area contributed by atoms with Crippen molar-refractivity contribution in [2.75, 3.05) is 34.3 Å². The van der Waals surface area contributed by atoms with Gasteiger partial charge in [0.1, 0.15) is 11.6 Å². The largest absolute Gasteiger partial charge is 0.358 e. The number of H-pyrrole nitrogens is 1. The summed E-state index contributed by atoms with van der Waals surface area (Å²) in [6.45, 7) is 5.63. The van der Waals surface area contributed by atoms with Gasteiger partial charge in [-0.25, -0.2) is 4.39 Å². The van der Waals surface area contributed by atoms with Crippen molar-refractivity contribution >= 4 is 29.0 Å². The van der Waals surface area contributed by atoms with Gasteiger partial charge in [0.15, 0.2) is 0 Å². The molecule has 37 heavy (non-hydrogen) atoms. The Bertz CT molecular complexity index is 1470. The minimum absolute atomic E-state index is 0.0643. The molecule has 3 aromatic rings. The quantitative estimate of drug-likeness (QED) is 0.594. The molecule has 0 unspecified atom stereocenters. The maximum atomic E-state index is 13.9. The van der Waals surface area contributed by atoms with E-state index in [0.29, 0.717) is 43.1 Å². The van der Waals surface area contributed by atoms with Crippen molar-refractivity contribution in [1.82, 2.24) is 9.97 Å². The summed E-state index contributed by atoms with van der Waals surface area (Å²) in [5.74, 6) is 0.0366. The van der Waals surface area contributed by atoms with E-state index in [9.17, 15) is 18.8 Å². The highest BCUT2D eigenvalue weighted by Crippen LogP contribution is 2.41. The van der Waals surface area contributed by atoms with Crippen LogP contribution in [0.1, 0.15) is 48.3 Å². The van der Waals surface area contributed by atoms with Crippen LogP contribution < -0.4 is 20.3 Å². The number of hydrogen-bond acceptors (Lipinski definition) is 5. The first-order chi connectivity index (χ1) is 17.7. The molecular formula is C28H28FN5O3. The Morgan fingerprint density at radius 3 is 2.65 bits per heavy atom. The minimum atomic E-state index is -0.403. The van der Waals surface area contributed by atoms with Crippen molar-refractivity contribution in [3.8, 4) is 0 Å². The number of nitrogens with zero attached hydrogens (tertiary/aromatic N) is 4. The summed E-state index contributed by atoms with van der Waals surface area (Å²) in [4.78, 5) is 51.6. The van der Waals surface area contributed by atoms with E-state index in [0.717, 1.165) is 29.8 Å². The molecule has 0 saturated carbocycles. The summed E-state index contributed by atoms with van der Waals surface area (Å²) in [7, 11) is 0. The van der Waals surface area contributed by atoms with Crippen LogP contribution in [-0.4, -0.2) is 47.5 Å². The van der Waals surface area contributed by atoms with E-state index >= 15 is 0 Å². The van der Waals surface area contributed by atoms with E-state index in [-0.39, 0.29) is 29.2 Å². The zero-order chi connectivity index (χ0) is 25.9. The van der Waals surface area contributed by atoms with Crippen LogP contribution in [0.15, 0.2) is 53.5 Å². The number of anilines is 3. The highest BCUT2D eigenvalue weighted by atomic mass is 19.1. The van der Waals surface area contributed by atoms with E-state index in [2.05, 4.69) is 14.9 Å². The summed E-state index contributed by atoms with van der Waals surface area (Å²) < 4.78 is 13.9. The smallest absolute Gasteiger partial charge is 0.258 e. The van der Waals surface area contributed by atoms with Gasteiger partial charge in [-0.3, -0.25) is 19.4 Å². The van der Waals surface area contributed by atoms with Gasteiger partial charge < -0.3 is 19.7 Å². The van der Waals surface area contributed by atoms with E-state index in [4.69, 9.17) is 0 Å². The normalized spacial score (nSPS) is 18.8. The number of fused-ring (bicyclic) bond motifs is 2. The molecule has 2 amide bonds. The van der Waals surface area contributed by atoms with Crippen LogP contribution in [0, 0.1) is 5.82 Å². The van der Waals surface area contributed by atoms with Crippen molar-refractivity contribution < 1.29 is 14.0 Å². The van der Waals surface area contributed by atoms with Crippen molar-refractivity contribution in [1.29, 1.82) is 0 Å². The first kappa shape index (κ1) is 23.4. The van der Waals surface area contributed by atoms with Crippen molar-refractivity contribution in [3.63, 3.8) is 0 Å². The SMILES string of the molecule is CC1(C)CN(C(=O)c2cc(N3CCC(N4C(=O)Cc5ncccc54)CC3)[nH]c(=O)c2)c2ccc(F)cc21. The van der Waals surface area contributed by atoms with Gasteiger partial charge in [0.25, 0.3) is 5.91 Å². The molecule has 5 heterocycles. The van der Waals surface area contributed by atoms with Crippen LogP contribution in [-0.2, 0) is 16.6 Å². The zero-order valence-electron chi connectivity index (χ0n) is 20.8. The second kappa shape index (κ2) is 8.54. The van der Waals surface area contributed by atoms with Gasteiger partial charge in [-0.05, 0) is 54.8 Å². The monoisotopic (exact) mass is 501 g/mol. The number of amides is 2. The summed E-state index contributed by atoms with van der Waals surface area (Å²) in [5, 5.41) is 0. The number of piperidine rings is 1. The lowest BCUT2D eigenvalue weighted by Crippen LogP contribution is -2.47. The highest BCUT2D eigenvalue weighted by Gasteiger charge is 2.39. The molecule has 2 aromatic heterocycles. The first-order valence-electron chi connectivity index (χ1n) is 12.6. The van der Waals surface area contributed by atoms with Gasteiger partial charge >= 0.3 is 0 Å². The Morgan fingerprint density at radius 2 is 1.86 bits per heavy atom. The third kappa shape index (κ3) is 3.98. The van der Waals surface area contributed by atoms with Gasteiger partial charge in [-0.15, -0.1) is 0 Å². The molecule has 0 atom stereocenters. The van der Waals surface area contributed by atoms with Gasteiger partial charge in [0, 0.05) is 54.6 Å². The fraction of sp³-hybridized carbons (Fsp3) is 0.357. The molecule has 1 N–H and O–H groups in total. The molecule has 190 valence electrons. The molecule has 0 bridgehead atoms. The second-order valence-corrected chi connectivity index (χ2v) is 10.7. The molecule has 8 nitrogen and oxygen atoms in total. The number of hydrogen-bond donors (Lipinski definition) is 1. The summed E-state index contributed by atoms with van der Waals surface area (Å²) in [5.41, 5.74) is 2.70. The number of carbonyl (C=O) groups is 2. The van der Waals surface area contributed by atoms with Crippen LogP contribution in [0.3, 0.4) is 0 Å². The Hall–Kier alpha value is -4.01. The van der Waals surface area contributed by atoms with E-state index in [1.54, 1.807) is 23.2 Å². The molecule has 3 aliphatic heterocycles. The number of halogens is 1. The molecule has 0 radical (unpaired) electrons. The Balaban J connectivity index is 1.21. The number of benzene rings is 1. The van der Waals surface area contributed by atoms with Crippen molar-refractivity contribution in [2.45, 2.75) is 44.6 Å². The van der Waals surface area contributed by atoms with Gasteiger partial charge in [0.05, 0.1) is 17.8 Å². The summed E-state index contributed by atoms with van der Waals surface area (Å²) in [6.07, 6.45) is 3.51. The van der Waals surface area contributed by atoms with Crippen LogP contribution >= 0.6 is 0 Å². The van der Waals surface area contributed by atoms with Crippen LogP contribution in [0.25, 0.3) is 0 Å².